The number of nitrogens with zero attached hydrogens (tertiary/aromatic N) is 1. The molecule has 2 aromatic rings. The van der Waals surface area contributed by atoms with Gasteiger partial charge in [0.25, 0.3) is 0 Å². The molecule has 0 radical (unpaired) electrons. The summed E-state index contributed by atoms with van der Waals surface area (Å²) in [5, 5.41) is 2.80. The monoisotopic (exact) mass is 386 g/mol. The maximum Gasteiger partial charge on any atom is 0.249 e. The van der Waals surface area contributed by atoms with Crippen LogP contribution in [0.25, 0.3) is 0 Å². The highest BCUT2D eigenvalue weighted by Gasteiger charge is 2.34. The molecule has 8 heteroatoms. The molecule has 4 rings (SSSR count). The average molecular weight is 386 g/mol. The Morgan fingerprint density at radius 3 is 2.64 bits per heavy atom. The molecule has 146 valence electrons. The van der Waals surface area contributed by atoms with Gasteiger partial charge in [-0.2, -0.15) is 0 Å². The van der Waals surface area contributed by atoms with Crippen LogP contribution in [0.5, 0.6) is 11.5 Å². The van der Waals surface area contributed by atoms with E-state index in [-0.39, 0.29) is 37.4 Å². The Kier molecular flexibility index (Phi) is 5.12. The molecule has 2 amide bonds. The minimum atomic E-state index is -0.792. The molecular formula is C20H19FN2O5. The standard InChI is InChI=1S/C20H19FN2O5/c21-14-3-1-13(2-4-14)10-23-16(11-26-12-19(23)24)20(25)22-15-5-6-17-18(9-15)28-8-7-27-17/h1-6,9,16H,7-8,10-12H2,(H,22,25)/t16-/m0/s1. The maximum atomic E-state index is 13.1. The molecule has 0 bridgehead atoms. The lowest BCUT2D eigenvalue weighted by Gasteiger charge is -2.34. The lowest BCUT2D eigenvalue weighted by Crippen LogP contribution is -2.54. The Labute approximate surface area is 161 Å². The highest BCUT2D eigenvalue weighted by atomic mass is 19.1. The van der Waals surface area contributed by atoms with Crippen LogP contribution >= 0.6 is 0 Å². The molecule has 2 aromatic carbocycles. The van der Waals surface area contributed by atoms with Crippen LogP contribution in [-0.4, -0.2) is 49.2 Å². The van der Waals surface area contributed by atoms with Gasteiger partial charge in [-0.05, 0) is 29.8 Å². The fourth-order valence-electron chi connectivity index (χ4n) is 3.15. The quantitative estimate of drug-likeness (QED) is 0.869. The van der Waals surface area contributed by atoms with Gasteiger partial charge in [0, 0.05) is 18.3 Å². The van der Waals surface area contributed by atoms with E-state index in [0.29, 0.717) is 30.4 Å². The number of rotatable bonds is 4. The summed E-state index contributed by atoms with van der Waals surface area (Å²) in [4.78, 5) is 26.6. The molecule has 1 N–H and O–H groups in total. The van der Waals surface area contributed by atoms with Gasteiger partial charge in [0.1, 0.15) is 31.7 Å². The first kappa shape index (κ1) is 18.2. The SMILES string of the molecule is O=C(Nc1ccc2c(c1)OCCO2)[C@@H]1COCC(=O)N1Cc1ccc(F)cc1. The normalized spacial score (nSPS) is 18.7. The molecule has 28 heavy (non-hydrogen) atoms. The van der Waals surface area contributed by atoms with E-state index in [1.165, 1.54) is 17.0 Å². The minimum absolute atomic E-state index is 0.0866. The molecule has 0 aliphatic carbocycles. The number of anilines is 1. The molecule has 2 aliphatic heterocycles. The summed E-state index contributed by atoms with van der Waals surface area (Å²) in [5.74, 6) is 0.163. The number of carbonyl (C=O) groups is 2. The largest absolute Gasteiger partial charge is 0.486 e. The van der Waals surface area contributed by atoms with E-state index in [2.05, 4.69) is 5.32 Å². The Morgan fingerprint density at radius 1 is 1.11 bits per heavy atom. The van der Waals surface area contributed by atoms with Crippen molar-refractivity contribution in [2.75, 3.05) is 31.7 Å². The van der Waals surface area contributed by atoms with E-state index >= 15 is 0 Å². The first-order valence-corrected chi connectivity index (χ1v) is 8.92. The van der Waals surface area contributed by atoms with Crippen molar-refractivity contribution in [3.8, 4) is 11.5 Å². The summed E-state index contributed by atoms with van der Waals surface area (Å²) in [7, 11) is 0. The second-order valence-electron chi connectivity index (χ2n) is 6.53. The van der Waals surface area contributed by atoms with Crippen molar-refractivity contribution >= 4 is 17.5 Å². The number of hydrogen-bond donors (Lipinski definition) is 1. The molecule has 1 fully saturated rings. The van der Waals surface area contributed by atoms with Gasteiger partial charge in [0.2, 0.25) is 11.8 Å². The average Bonchev–Trinajstić information content (AvgIpc) is 2.71. The van der Waals surface area contributed by atoms with Crippen molar-refractivity contribution in [2.24, 2.45) is 0 Å². The van der Waals surface area contributed by atoms with Crippen molar-refractivity contribution in [1.82, 2.24) is 4.90 Å². The number of hydrogen-bond acceptors (Lipinski definition) is 5. The summed E-state index contributed by atoms with van der Waals surface area (Å²) >= 11 is 0. The number of ether oxygens (including phenoxy) is 3. The van der Waals surface area contributed by atoms with Crippen LogP contribution in [0, 0.1) is 5.82 Å². The molecule has 0 unspecified atom stereocenters. The fourth-order valence-corrected chi connectivity index (χ4v) is 3.15. The van der Waals surface area contributed by atoms with Crippen molar-refractivity contribution in [2.45, 2.75) is 12.6 Å². The predicted molar refractivity (Wildman–Crippen MR) is 97.6 cm³/mol. The maximum absolute atomic E-state index is 13.1. The molecule has 1 saturated heterocycles. The number of amides is 2. The predicted octanol–water partition coefficient (Wildman–Crippen LogP) is 1.96. The van der Waals surface area contributed by atoms with Crippen LogP contribution < -0.4 is 14.8 Å². The number of carbonyl (C=O) groups excluding carboxylic acids is 2. The fraction of sp³-hybridized carbons (Fsp3) is 0.300. The van der Waals surface area contributed by atoms with Gasteiger partial charge in [-0.1, -0.05) is 12.1 Å². The molecule has 2 heterocycles. The van der Waals surface area contributed by atoms with Gasteiger partial charge >= 0.3 is 0 Å². The molecule has 2 aliphatic rings. The number of nitrogens with one attached hydrogen (secondary N) is 1. The van der Waals surface area contributed by atoms with Crippen molar-refractivity contribution in [3.05, 3.63) is 53.8 Å². The highest BCUT2D eigenvalue weighted by molar-refractivity contribution is 5.98. The number of fused-ring (bicyclic) bond motifs is 1. The van der Waals surface area contributed by atoms with E-state index in [1.807, 2.05) is 0 Å². The Balaban J connectivity index is 1.49. The second-order valence-corrected chi connectivity index (χ2v) is 6.53. The molecule has 0 spiro atoms. The highest BCUT2D eigenvalue weighted by Crippen LogP contribution is 2.32. The van der Waals surface area contributed by atoms with E-state index in [4.69, 9.17) is 14.2 Å². The lowest BCUT2D eigenvalue weighted by atomic mass is 10.1. The molecule has 1 atom stereocenters. The van der Waals surface area contributed by atoms with Crippen LogP contribution in [0.15, 0.2) is 42.5 Å². The van der Waals surface area contributed by atoms with Crippen LogP contribution in [0.1, 0.15) is 5.56 Å². The van der Waals surface area contributed by atoms with Gasteiger partial charge in [-0.25, -0.2) is 4.39 Å². The smallest absolute Gasteiger partial charge is 0.249 e. The van der Waals surface area contributed by atoms with Gasteiger partial charge in [0.15, 0.2) is 11.5 Å². The molecule has 0 saturated carbocycles. The van der Waals surface area contributed by atoms with E-state index < -0.39 is 6.04 Å². The van der Waals surface area contributed by atoms with E-state index in [0.717, 1.165) is 5.56 Å². The zero-order chi connectivity index (χ0) is 19.5. The zero-order valence-electron chi connectivity index (χ0n) is 15.0. The van der Waals surface area contributed by atoms with Crippen molar-refractivity contribution < 1.29 is 28.2 Å². The van der Waals surface area contributed by atoms with Crippen LogP contribution in [0.3, 0.4) is 0 Å². The Hall–Kier alpha value is -3.13. The second kappa shape index (κ2) is 7.85. The molecular weight excluding hydrogens is 367 g/mol. The van der Waals surface area contributed by atoms with Gasteiger partial charge in [-0.3, -0.25) is 9.59 Å². The third-order valence-electron chi connectivity index (χ3n) is 4.58. The van der Waals surface area contributed by atoms with Crippen LogP contribution in [-0.2, 0) is 20.9 Å². The van der Waals surface area contributed by atoms with Crippen molar-refractivity contribution in [1.29, 1.82) is 0 Å². The summed E-state index contributed by atoms with van der Waals surface area (Å²) in [6.45, 7) is 1.12. The van der Waals surface area contributed by atoms with Crippen molar-refractivity contribution in [3.63, 3.8) is 0 Å². The topological polar surface area (TPSA) is 77.1 Å². The Bertz CT molecular complexity index is 887. The third-order valence-corrected chi connectivity index (χ3v) is 4.58. The lowest BCUT2D eigenvalue weighted by molar-refractivity contribution is -0.154. The number of benzene rings is 2. The van der Waals surface area contributed by atoms with Gasteiger partial charge in [-0.15, -0.1) is 0 Å². The molecule has 7 nitrogen and oxygen atoms in total. The van der Waals surface area contributed by atoms with Gasteiger partial charge < -0.3 is 24.4 Å². The zero-order valence-corrected chi connectivity index (χ0v) is 15.0. The Morgan fingerprint density at radius 2 is 1.86 bits per heavy atom. The summed E-state index contributed by atoms with van der Waals surface area (Å²) in [5.41, 5.74) is 1.27. The van der Waals surface area contributed by atoms with E-state index in [9.17, 15) is 14.0 Å². The number of halogens is 1. The first-order valence-electron chi connectivity index (χ1n) is 8.92. The molecule has 0 aromatic heterocycles. The van der Waals surface area contributed by atoms with E-state index in [1.54, 1.807) is 30.3 Å². The van der Waals surface area contributed by atoms with Gasteiger partial charge in [0.05, 0.1) is 6.61 Å². The number of morpholine rings is 1. The minimum Gasteiger partial charge on any atom is -0.486 e. The summed E-state index contributed by atoms with van der Waals surface area (Å²) < 4.78 is 29.4. The summed E-state index contributed by atoms with van der Waals surface area (Å²) in [6, 6.07) is 10.2. The van der Waals surface area contributed by atoms with Crippen LogP contribution in [0.4, 0.5) is 10.1 Å². The third kappa shape index (κ3) is 3.91. The summed E-state index contributed by atoms with van der Waals surface area (Å²) in [6.07, 6.45) is 0. The van der Waals surface area contributed by atoms with Crippen LogP contribution in [0.2, 0.25) is 0 Å². The first-order chi connectivity index (χ1) is 13.6.